The van der Waals surface area contributed by atoms with Gasteiger partial charge in [0.15, 0.2) is 5.78 Å². The molecule has 1 aliphatic rings. The van der Waals surface area contributed by atoms with Crippen LogP contribution in [0.4, 0.5) is 0 Å². The van der Waals surface area contributed by atoms with Crippen LogP contribution in [0.1, 0.15) is 53.4 Å². The number of hydrogen-bond donors (Lipinski definition) is 3. The molecule has 0 aliphatic carbocycles. The highest BCUT2D eigenvalue weighted by atomic mass is 35.5. The van der Waals surface area contributed by atoms with Gasteiger partial charge >= 0.3 is 5.97 Å². The van der Waals surface area contributed by atoms with Gasteiger partial charge in [-0.15, -0.1) is 11.6 Å². The number of ether oxygens (including phenoxy) is 1. The minimum atomic E-state index is -0.944. The van der Waals surface area contributed by atoms with Crippen molar-refractivity contribution < 1.29 is 33.5 Å². The normalized spacial score (nSPS) is 18.0. The maximum Gasteiger partial charge on any atom is 0.306 e. The van der Waals surface area contributed by atoms with Crippen LogP contribution in [0.3, 0.4) is 0 Å². The first-order valence-corrected chi connectivity index (χ1v) is 11.8. The molecule has 1 rings (SSSR count). The molecule has 4 amide bonds. The lowest BCUT2D eigenvalue weighted by Gasteiger charge is -2.29. The van der Waals surface area contributed by atoms with Crippen molar-refractivity contribution in [2.24, 2.45) is 5.92 Å². The summed E-state index contributed by atoms with van der Waals surface area (Å²) in [7, 11) is 1.21. The number of ketones is 1. The molecular weight excluding hydrogens is 468 g/mol. The van der Waals surface area contributed by atoms with Gasteiger partial charge in [-0.25, -0.2) is 0 Å². The standard InChI is InChI=1S/C22H35ClN4O7/c1-12(2)19(16(28)11-23)26-21(32)15-7-6-10-27(15)22(33)14(4)25-20(31)13(3)24-17(29)8-9-18(30)34-5/h12-15,19H,6-11H2,1-5H3,(H,24,29)(H,25,31)(H,26,32)/t13-,14-,15-,19?/m0/s1. The number of esters is 1. The van der Waals surface area contributed by atoms with Crippen molar-refractivity contribution in [2.45, 2.75) is 77.5 Å². The van der Waals surface area contributed by atoms with Gasteiger partial charge < -0.3 is 25.6 Å². The van der Waals surface area contributed by atoms with Gasteiger partial charge in [0.05, 0.1) is 25.5 Å². The summed E-state index contributed by atoms with van der Waals surface area (Å²) in [6, 6.07) is -3.39. The number of likely N-dealkylation sites (tertiary alicyclic amines) is 1. The summed E-state index contributed by atoms with van der Waals surface area (Å²) >= 11 is 5.65. The van der Waals surface area contributed by atoms with Crippen LogP contribution in [0.5, 0.6) is 0 Å². The second-order valence-corrected chi connectivity index (χ2v) is 8.88. The minimum absolute atomic E-state index is 0.113. The summed E-state index contributed by atoms with van der Waals surface area (Å²) in [6.07, 6.45) is 0.794. The molecule has 0 spiro atoms. The smallest absolute Gasteiger partial charge is 0.306 e. The van der Waals surface area contributed by atoms with Gasteiger partial charge in [0.1, 0.15) is 18.1 Å². The zero-order chi connectivity index (χ0) is 26.0. The summed E-state index contributed by atoms with van der Waals surface area (Å²) in [6.45, 7) is 6.87. The zero-order valence-corrected chi connectivity index (χ0v) is 21.1. The number of amides is 4. The molecule has 3 N–H and O–H groups in total. The van der Waals surface area contributed by atoms with Crippen molar-refractivity contribution >= 4 is 47.0 Å². The number of carbonyl (C=O) groups excluding carboxylic acids is 6. The van der Waals surface area contributed by atoms with Crippen LogP contribution in [0, 0.1) is 5.92 Å². The van der Waals surface area contributed by atoms with Crippen LogP contribution in [-0.2, 0) is 33.5 Å². The highest BCUT2D eigenvalue weighted by Crippen LogP contribution is 2.19. The van der Waals surface area contributed by atoms with Crippen molar-refractivity contribution in [2.75, 3.05) is 19.5 Å². The van der Waals surface area contributed by atoms with Crippen LogP contribution in [0.25, 0.3) is 0 Å². The van der Waals surface area contributed by atoms with Crippen molar-refractivity contribution in [3.63, 3.8) is 0 Å². The van der Waals surface area contributed by atoms with Gasteiger partial charge in [0.2, 0.25) is 23.6 Å². The number of nitrogens with one attached hydrogen (secondary N) is 3. The SMILES string of the molecule is COC(=O)CCC(=O)N[C@@H](C)C(=O)N[C@@H](C)C(=O)N1CCC[C@H]1C(=O)NC(C(=O)CCl)C(C)C. The summed E-state index contributed by atoms with van der Waals surface area (Å²) in [5.41, 5.74) is 0. The average molecular weight is 503 g/mol. The number of alkyl halides is 1. The van der Waals surface area contributed by atoms with Crippen LogP contribution in [-0.4, -0.2) is 84.0 Å². The molecule has 192 valence electrons. The third-order valence-corrected chi connectivity index (χ3v) is 5.83. The van der Waals surface area contributed by atoms with Gasteiger partial charge in [0.25, 0.3) is 0 Å². The Balaban J connectivity index is 2.68. The molecule has 0 aromatic carbocycles. The number of hydrogen-bond acceptors (Lipinski definition) is 7. The van der Waals surface area contributed by atoms with E-state index in [1.54, 1.807) is 13.8 Å². The number of methoxy groups -OCH3 is 1. The Labute approximate surface area is 204 Å². The molecule has 1 fully saturated rings. The van der Waals surface area contributed by atoms with Crippen molar-refractivity contribution in [1.82, 2.24) is 20.9 Å². The third kappa shape index (κ3) is 8.58. The molecule has 0 aromatic heterocycles. The van der Waals surface area contributed by atoms with Crippen LogP contribution >= 0.6 is 11.6 Å². The van der Waals surface area contributed by atoms with Gasteiger partial charge in [0, 0.05) is 13.0 Å². The number of Topliss-reactive ketones (excluding diaryl/α,β-unsaturated/α-hetero) is 1. The molecule has 11 nitrogen and oxygen atoms in total. The summed E-state index contributed by atoms with van der Waals surface area (Å²) in [5, 5.41) is 7.70. The highest BCUT2D eigenvalue weighted by Gasteiger charge is 2.38. The van der Waals surface area contributed by atoms with Crippen LogP contribution in [0.2, 0.25) is 0 Å². The van der Waals surface area contributed by atoms with Gasteiger partial charge in [-0.1, -0.05) is 13.8 Å². The first-order valence-electron chi connectivity index (χ1n) is 11.3. The predicted molar refractivity (Wildman–Crippen MR) is 124 cm³/mol. The maximum atomic E-state index is 13.0. The van der Waals surface area contributed by atoms with E-state index in [1.165, 1.54) is 25.9 Å². The largest absolute Gasteiger partial charge is 0.469 e. The van der Waals surface area contributed by atoms with E-state index in [4.69, 9.17) is 11.6 Å². The Bertz CT molecular complexity index is 789. The Hall–Kier alpha value is -2.69. The second-order valence-electron chi connectivity index (χ2n) is 8.62. The molecule has 0 bridgehead atoms. The zero-order valence-electron chi connectivity index (χ0n) is 20.3. The van der Waals surface area contributed by atoms with Gasteiger partial charge in [-0.2, -0.15) is 0 Å². The van der Waals surface area contributed by atoms with E-state index in [1.807, 2.05) is 0 Å². The van der Waals surface area contributed by atoms with Crippen molar-refractivity contribution in [3.05, 3.63) is 0 Å². The van der Waals surface area contributed by atoms with Crippen molar-refractivity contribution in [1.29, 1.82) is 0 Å². The number of rotatable bonds is 12. The first kappa shape index (κ1) is 29.3. The minimum Gasteiger partial charge on any atom is -0.469 e. The van der Waals surface area contributed by atoms with E-state index in [0.717, 1.165) is 0 Å². The number of nitrogens with zero attached hydrogens (tertiary/aromatic N) is 1. The Morgan fingerprint density at radius 1 is 0.971 bits per heavy atom. The molecule has 4 atom stereocenters. The monoisotopic (exact) mass is 502 g/mol. The molecule has 0 saturated carbocycles. The quantitative estimate of drug-likeness (QED) is 0.249. The Kier molecular flexibility index (Phi) is 12.0. The molecule has 12 heteroatoms. The molecule has 0 radical (unpaired) electrons. The fraction of sp³-hybridized carbons (Fsp3) is 0.727. The molecule has 1 heterocycles. The van der Waals surface area contributed by atoms with Crippen LogP contribution < -0.4 is 16.0 Å². The summed E-state index contributed by atoms with van der Waals surface area (Å²) in [4.78, 5) is 74.7. The Morgan fingerprint density at radius 2 is 1.62 bits per heavy atom. The first-order chi connectivity index (χ1) is 15.9. The topological polar surface area (TPSA) is 151 Å². The van der Waals surface area contributed by atoms with Crippen LogP contribution in [0.15, 0.2) is 0 Å². The highest BCUT2D eigenvalue weighted by molar-refractivity contribution is 6.28. The molecule has 0 aromatic rings. The lowest BCUT2D eigenvalue weighted by atomic mass is 10.00. The predicted octanol–water partition coefficient (Wildman–Crippen LogP) is -0.111. The van der Waals surface area contributed by atoms with Gasteiger partial charge in [-0.3, -0.25) is 28.8 Å². The third-order valence-electron chi connectivity index (χ3n) is 5.57. The lowest BCUT2D eigenvalue weighted by Crippen LogP contribution is -2.56. The number of halogens is 1. The molecule has 1 aliphatic heterocycles. The molecule has 1 saturated heterocycles. The number of carbonyl (C=O) groups is 6. The molecule has 1 unspecified atom stereocenters. The lowest BCUT2D eigenvalue weighted by molar-refractivity contribution is -0.142. The van der Waals surface area contributed by atoms with E-state index < -0.39 is 53.8 Å². The molecular formula is C22H35ClN4O7. The maximum absolute atomic E-state index is 13.0. The van der Waals surface area contributed by atoms with E-state index in [9.17, 15) is 28.8 Å². The fourth-order valence-electron chi connectivity index (χ4n) is 3.60. The van der Waals surface area contributed by atoms with Crippen molar-refractivity contribution in [3.8, 4) is 0 Å². The Morgan fingerprint density at radius 3 is 2.18 bits per heavy atom. The van der Waals surface area contributed by atoms with E-state index >= 15 is 0 Å². The fourth-order valence-corrected chi connectivity index (χ4v) is 3.77. The van der Waals surface area contributed by atoms with Gasteiger partial charge in [-0.05, 0) is 32.6 Å². The average Bonchev–Trinajstić information content (AvgIpc) is 3.29. The summed E-state index contributed by atoms with van der Waals surface area (Å²) < 4.78 is 4.46. The van der Waals surface area contributed by atoms with E-state index in [2.05, 4.69) is 20.7 Å². The van der Waals surface area contributed by atoms with E-state index in [0.29, 0.717) is 19.4 Å². The summed E-state index contributed by atoms with van der Waals surface area (Å²) in [5.74, 6) is -3.20. The van der Waals surface area contributed by atoms with E-state index in [-0.39, 0.29) is 30.4 Å². The second kappa shape index (κ2) is 13.9. The molecule has 34 heavy (non-hydrogen) atoms.